The van der Waals surface area contributed by atoms with Gasteiger partial charge in [-0.05, 0) is 59.2 Å². The van der Waals surface area contributed by atoms with Crippen LogP contribution in [-0.2, 0) is 6.42 Å². The maximum Gasteiger partial charge on any atom is 0.573 e. The molecule has 0 fully saturated rings. The van der Waals surface area contributed by atoms with Crippen LogP contribution in [-0.4, -0.2) is 6.36 Å². The third kappa shape index (κ3) is 6.45. The van der Waals surface area contributed by atoms with Crippen LogP contribution in [0.2, 0.25) is 0 Å². The molecule has 0 N–H and O–H groups in total. The van der Waals surface area contributed by atoms with Gasteiger partial charge in [-0.3, -0.25) is 0 Å². The molecule has 4 aromatic rings. The van der Waals surface area contributed by atoms with Crippen LogP contribution in [0.15, 0.2) is 66.7 Å². The Kier molecular flexibility index (Phi) is 8.10. The monoisotopic (exact) mass is 516 g/mol. The van der Waals surface area contributed by atoms with Crippen LogP contribution in [0, 0.1) is 17.5 Å². The molecular formula is C30H26F6O. The Bertz CT molecular complexity index is 1350. The first-order valence-corrected chi connectivity index (χ1v) is 12.2. The third-order valence-corrected chi connectivity index (χ3v) is 6.32. The molecule has 0 heterocycles. The van der Waals surface area contributed by atoms with E-state index in [2.05, 4.69) is 11.7 Å². The molecule has 0 spiro atoms. The van der Waals surface area contributed by atoms with Crippen molar-refractivity contribution in [2.75, 3.05) is 0 Å². The van der Waals surface area contributed by atoms with Crippen LogP contribution in [0.3, 0.4) is 0 Å². The molecule has 194 valence electrons. The van der Waals surface area contributed by atoms with Crippen molar-refractivity contribution in [3.63, 3.8) is 0 Å². The van der Waals surface area contributed by atoms with Crippen molar-refractivity contribution in [3.05, 3.63) is 89.7 Å². The van der Waals surface area contributed by atoms with Crippen molar-refractivity contribution in [3.8, 4) is 28.0 Å². The Morgan fingerprint density at radius 3 is 2.03 bits per heavy atom. The zero-order valence-electron chi connectivity index (χ0n) is 20.3. The summed E-state index contributed by atoms with van der Waals surface area (Å²) in [5, 5.41) is 1.07. The summed E-state index contributed by atoms with van der Waals surface area (Å²) < 4.78 is 86.2. The number of aryl methyl sites for hydroxylation is 1. The van der Waals surface area contributed by atoms with Gasteiger partial charge in [-0.1, -0.05) is 75.1 Å². The molecule has 0 saturated heterocycles. The first-order chi connectivity index (χ1) is 17.7. The number of halogens is 6. The van der Waals surface area contributed by atoms with E-state index in [1.165, 1.54) is 25.3 Å². The first-order valence-electron chi connectivity index (χ1n) is 12.2. The molecule has 0 atom stereocenters. The SMILES string of the molecule is CCCCCCCc1ccc2c(F)c(-c3cc(F)c(-c4ccc(OC(F)(F)F)cc4)c(F)c3)ccc2c1. The Labute approximate surface area is 211 Å². The lowest BCUT2D eigenvalue weighted by Gasteiger charge is -2.12. The molecule has 0 aliphatic carbocycles. The summed E-state index contributed by atoms with van der Waals surface area (Å²) in [7, 11) is 0. The Morgan fingerprint density at radius 2 is 1.38 bits per heavy atom. The molecule has 0 aliphatic heterocycles. The molecule has 37 heavy (non-hydrogen) atoms. The number of ether oxygens (including phenoxy) is 1. The smallest absolute Gasteiger partial charge is 0.406 e. The highest BCUT2D eigenvalue weighted by Crippen LogP contribution is 2.35. The van der Waals surface area contributed by atoms with E-state index < -0.39 is 35.1 Å². The molecule has 0 bridgehead atoms. The number of hydrogen-bond donors (Lipinski definition) is 0. The van der Waals surface area contributed by atoms with Crippen LogP contribution in [0.25, 0.3) is 33.0 Å². The molecular weight excluding hydrogens is 490 g/mol. The van der Waals surface area contributed by atoms with Crippen molar-refractivity contribution in [2.24, 2.45) is 0 Å². The Morgan fingerprint density at radius 1 is 0.703 bits per heavy atom. The zero-order valence-corrected chi connectivity index (χ0v) is 20.3. The average Bonchev–Trinajstić information content (AvgIpc) is 2.84. The molecule has 4 rings (SSSR count). The summed E-state index contributed by atoms with van der Waals surface area (Å²) in [5.74, 6) is -3.01. The minimum atomic E-state index is -4.88. The minimum Gasteiger partial charge on any atom is -0.406 e. The number of fused-ring (bicyclic) bond motifs is 1. The van der Waals surface area contributed by atoms with Gasteiger partial charge in [0.25, 0.3) is 0 Å². The van der Waals surface area contributed by atoms with Crippen molar-refractivity contribution in [2.45, 2.75) is 51.8 Å². The Hall–Kier alpha value is -3.48. The highest BCUT2D eigenvalue weighted by atomic mass is 19.4. The lowest BCUT2D eigenvalue weighted by Crippen LogP contribution is -2.16. The van der Waals surface area contributed by atoms with E-state index in [1.54, 1.807) is 12.1 Å². The summed E-state index contributed by atoms with van der Waals surface area (Å²) in [5.41, 5.74) is 0.793. The van der Waals surface area contributed by atoms with Crippen molar-refractivity contribution in [1.29, 1.82) is 0 Å². The molecule has 0 saturated carbocycles. The Balaban J connectivity index is 1.58. The molecule has 0 aliphatic rings. The molecule has 0 amide bonds. The van der Waals surface area contributed by atoms with E-state index in [4.69, 9.17) is 0 Å². The van der Waals surface area contributed by atoms with Gasteiger partial charge in [0.1, 0.15) is 23.2 Å². The summed E-state index contributed by atoms with van der Waals surface area (Å²) in [6.45, 7) is 2.17. The maximum absolute atomic E-state index is 15.4. The van der Waals surface area contributed by atoms with Gasteiger partial charge in [-0.2, -0.15) is 0 Å². The molecule has 0 aromatic heterocycles. The van der Waals surface area contributed by atoms with E-state index in [-0.39, 0.29) is 16.7 Å². The fraction of sp³-hybridized carbons (Fsp3) is 0.267. The number of rotatable bonds is 9. The normalized spacial score (nSPS) is 11.8. The predicted molar refractivity (Wildman–Crippen MR) is 134 cm³/mol. The van der Waals surface area contributed by atoms with Gasteiger partial charge in [0, 0.05) is 10.9 Å². The van der Waals surface area contributed by atoms with Crippen molar-refractivity contribution >= 4 is 10.8 Å². The summed E-state index contributed by atoms with van der Waals surface area (Å²) >= 11 is 0. The topological polar surface area (TPSA) is 9.23 Å². The molecule has 4 aromatic carbocycles. The number of benzene rings is 4. The van der Waals surface area contributed by atoms with Gasteiger partial charge >= 0.3 is 6.36 Å². The number of alkyl halides is 3. The molecule has 0 radical (unpaired) electrons. The summed E-state index contributed by atoms with van der Waals surface area (Å²) in [6.07, 6.45) is 1.85. The van der Waals surface area contributed by atoms with E-state index in [0.717, 1.165) is 61.2 Å². The highest BCUT2D eigenvalue weighted by molar-refractivity contribution is 5.89. The fourth-order valence-corrected chi connectivity index (χ4v) is 4.48. The quantitative estimate of drug-likeness (QED) is 0.159. The van der Waals surface area contributed by atoms with Gasteiger partial charge in [0.15, 0.2) is 0 Å². The molecule has 0 unspecified atom stereocenters. The third-order valence-electron chi connectivity index (χ3n) is 6.32. The predicted octanol–water partition coefficient (Wildman–Crippen LogP) is 10.0. The van der Waals surface area contributed by atoms with Gasteiger partial charge < -0.3 is 4.74 Å². The van der Waals surface area contributed by atoms with Gasteiger partial charge in [-0.15, -0.1) is 13.2 Å². The van der Waals surface area contributed by atoms with Crippen LogP contribution in [0.1, 0.15) is 44.6 Å². The van der Waals surface area contributed by atoms with E-state index >= 15 is 4.39 Å². The number of unbranched alkanes of at least 4 members (excludes halogenated alkanes) is 4. The van der Waals surface area contributed by atoms with Crippen molar-refractivity contribution in [1.82, 2.24) is 0 Å². The molecule has 7 heteroatoms. The first kappa shape index (κ1) is 26.6. The van der Waals surface area contributed by atoms with Gasteiger partial charge in [0.05, 0.1) is 5.56 Å². The molecule has 1 nitrogen and oxygen atoms in total. The highest BCUT2D eigenvalue weighted by Gasteiger charge is 2.31. The maximum atomic E-state index is 15.4. The lowest BCUT2D eigenvalue weighted by molar-refractivity contribution is -0.274. The minimum absolute atomic E-state index is 0.0233. The van der Waals surface area contributed by atoms with E-state index in [0.29, 0.717) is 10.8 Å². The average molecular weight is 517 g/mol. The lowest BCUT2D eigenvalue weighted by atomic mass is 9.95. The number of hydrogen-bond acceptors (Lipinski definition) is 1. The van der Waals surface area contributed by atoms with Crippen LogP contribution < -0.4 is 4.74 Å². The van der Waals surface area contributed by atoms with Crippen molar-refractivity contribution < 1.29 is 31.1 Å². The summed E-state index contributed by atoms with van der Waals surface area (Å²) in [6, 6.07) is 15.0. The van der Waals surface area contributed by atoms with E-state index in [1.807, 2.05) is 12.1 Å². The van der Waals surface area contributed by atoms with Crippen LogP contribution in [0.5, 0.6) is 5.75 Å². The fourth-order valence-electron chi connectivity index (χ4n) is 4.48. The van der Waals surface area contributed by atoms with Crippen LogP contribution >= 0.6 is 0 Å². The second kappa shape index (κ2) is 11.3. The zero-order chi connectivity index (χ0) is 26.6. The van der Waals surface area contributed by atoms with Crippen LogP contribution in [0.4, 0.5) is 26.3 Å². The standard InChI is InChI=1S/C30H26F6O/c1-2-3-4-5-6-7-19-8-14-24-21(16-19)11-15-25(29(24)33)22-17-26(31)28(27(32)18-22)20-9-12-23(13-10-20)37-30(34,35)36/h8-18H,2-7H2,1H3. The largest absolute Gasteiger partial charge is 0.573 e. The van der Waals surface area contributed by atoms with Gasteiger partial charge in [-0.25, -0.2) is 13.2 Å². The summed E-state index contributed by atoms with van der Waals surface area (Å²) in [4.78, 5) is 0. The van der Waals surface area contributed by atoms with E-state index in [9.17, 15) is 22.0 Å². The second-order valence-electron chi connectivity index (χ2n) is 9.03. The van der Waals surface area contributed by atoms with Gasteiger partial charge in [0.2, 0.25) is 0 Å². The second-order valence-corrected chi connectivity index (χ2v) is 9.03.